The monoisotopic (exact) mass is 254 g/mol. The largest absolute Gasteiger partial charge is 0.368 e. The summed E-state index contributed by atoms with van der Waals surface area (Å²) in [4.78, 5) is 10.2. The van der Waals surface area contributed by atoms with Gasteiger partial charge in [0, 0.05) is 18.7 Å². The van der Waals surface area contributed by atoms with Gasteiger partial charge in [-0.15, -0.1) is 0 Å². The quantitative estimate of drug-likeness (QED) is 0.830. The Morgan fingerprint density at radius 3 is 3.00 bits per heavy atom. The number of halogens is 1. The van der Waals surface area contributed by atoms with Crippen molar-refractivity contribution in [1.82, 2.24) is 24.5 Å². The van der Waals surface area contributed by atoms with Gasteiger partial charge in [0.05, 0.1) is 0 Å². The maximum atomic E-state index is 5.92. The van der Waals surface area contributed by atoms with Crippen LogP contribution in [0, 0.1) is 0 Å². The highest BCUT2D eigenvalue weighted by Crippen LogP contribution is 2.14. The van der Waals surface area contributed by atoms with Crippen molar-refractivity contribution in [2.75, 3.05) is 26.0 Å². The van der Waals surface area contributed by atoms with Crippen LogP contribution < -0.4 is 5.32 Å². The summed E-state index contributed by atoms with van der Waals surface area (Å²) in [5.41, 5.74) is 0. The molecule has 0 aliphatic heterocycles. The van der Waals surface area contributed by atoms with Crippen molar-refractivity contribution < 1.29 is 0 Å². The van der Waals surface area contributed by atoms with E-state index in [2.05, 4.69) is 32.2 Å². The lowest BCUT2D eigenvalue weighted by molar-refractivity contribution is 0.326. The first-order chi connectivity index (χ1) is 8.08. The molecule has 2 aromatic heterocycles. The fourth-order valence-corrected chi connectivity index (χ4v) is 1.52. The molecule has 0 saturated carbocycles. The maximum Gasteiger partial charge on any atom is 0.255 e. The predicted octanol–water partition coefficient (Wildman–Crippen LogP) is 1.14. The fourth-order valence-electron chi connectivity index (χ4n) is 1.34. The van der Waals surface area contributed by atoms with Gasteiger partial charge in [0.25, 0.3) is 5.78 Å². The molecule has 0 spiro atoms. The molecule has 6 nitrogen and oxygen atoms in total. The van der Waals surface area contributed by atoms with Crippen molar-refractivity contribution in [1.29, 1.82) is 0 Å². The lowest BCUT2D eigenvalue weighted by Crippen LogP contribution is -2.32. The van der Waals surface area contributed by atoms with Gasteiger partial charge in [0.1, 0.15) is 17.3 Å². The van der Waals surface area contributed by atoms with Gasteiger partial charge in [-0.1, -0.05) is 11.6 Å². The van der Waals surface area contributed by atoms with Gasteiger partial charge in [-0.3, -0.25) is 0 Å². The number of rotatable bonds is 4. The summed E-state index contributed by atoms with van der Waals surface area (Å²) in [6.07, 6.45) is 1.46. The summed E-state index contributed by atoms with van der Waals surface area (Å²) in [5.74, 6) is 1.30. The zero-order valence-corrected chi connectivity index (χ0v) is 10.8. The summed E-state index contributed by atoms with van der Waals surface area (Å²) in [6, 6.07) is 2.14. The van der Waals surface area contributed by atoms with Crippen LogP contribution >= 0.6 is 11.6 Å². The molecule has 0 aromatic carbocycles. The van der Waals surface area contributed by atoms with Gasteiger partial charge in [-0.05, 0) is 21.0 Å². The van der Waals surface area contributed by atoms with Gasteiger partial charge in [-0.2, -0.15) is 19.6 Å². The SMILES string of the molecule is CC(CNc1cc(Cl)nc2ncnn12)N(C)C. The molecule has 0 aliphatic carbocycles. The second kappa shape index (κ2) is 4.85. The first-order valence-electron chi connectivity index (χ1n) is 5.34. The molecule has 2 heterocycles. The van der Waals surface area contributed by atoms with E-state index in [-0.39, 0.29) is 0 Å². The van der Waals surface area contributed by atoms with E-state index in [1.54, 1.807) is 10.6 Å². The van der Waals surface area contributed by atoms with Gasteiger partial charge in [0.2, 0.25) is 0 Å². The predicted molar refractivity (Wildman–Crippen MR) is 67.4 cm³/mol. The number of fused-ring (bicyclic) bond motifs is 1. The highest BCUT2D eigenvalue weighted by molar-refractivity contribution is 6.29. The Morgan fingerprint density at radius 2 is 2.29 bits per heavy atom. The van der Waals surface area contributed by atoms with E-state index in [9.17, 15) is 0 Å². The molecular weight excluding hydrogens is 240 g/mol. The molecule has 0 radical (unpaired) electrons. The Balaban J connectivity index is 2.20. The minimum Gasteiger partial charge on any atom is -0.368 e. The van der Waals surface area contributed by atoms with Crippen LogP contribution in [0.1, 0.15) is 6.92 Å². The van der Waals surface area contributed by atoms with Crippen molar-refractivity contribution in [3.8, 4) is 0 Å². The molecule has 0 aliphatic rings. The highest BCUT2D eigenvalue weighted by atomic mass is 35.5. The van der Waals surface area contributed by atoms with Crippen molar-refractivity contribution in [3.05, 3.63) is 17.5 Å². The van der Waals surface area contributed by atoms with Gasteiger partial charge >= 0.3 is 0 Å². The van der Waals surface area contributed by atoms with Gasteiger partial charge in [-0.25, -0.2) is 0 Å². The zero-order chi connectivity index (χ0) is 12.4. The highest BCUT2D eigenvalue weighted by Gasteiger charge is 2.08. The Hall–Kier alpha value is -1.40. The number of hydrogen-bond acceptors (Lipinski definition) is 5. The third-order valence-electron chi connectivity index (χ3n) is 2.68. The molecule has 1 atom stereocenters. The number of nitrogens with one attached hydrogen (secondary N) is 1. The molecule has 17 heavy (non-hydrogen) atoms. The first-order valence-corrected chi connectivity index (χ1v) is 5.72. The van der Waals surface area contributed by atoms with E-state index in [0.29, 0.717) is 17.0 Å². The number of nitrogens with zero attached hydrogens (tertiary/aromatic N) is 5. The standard InChI is InChI=1S/C10H15ClN6/c1-7(16(2)3)5-12-9-4-8(11)15-10-13-6-14-17(9)10/h4,6-7,12H,5H2,1-3H3. The van der Waals surface area contributed by atoms with Crippen LogP contribution in [-0.2, 0) is 0 Å². The van der Waals surface area contributed by atoms with Crippen molar-refractivity contribution in [3.63, 3.8) is 0 Å². The van der Waals surface area contributed by atoms with E-state index in [4.69, 9.17) is 11.6 Å². The molecule has 0 fully saturated rings. The zero-order valence-electron chi connectivity index (χ0n) is 10.1. The summed E-state index contributed by atoms with van der Waals surface area (Å²) in [6.45, 7) is 2.93. The molecular formula is C10H15ClN6. The minimum atomic E-state index is 0.403. The van der Waals surface area contributed by atoms with Crippen LogP contribution in [0.3, 0.4) is 0 Å². The third-order valence-corrected chi connectivity index (χ3v) is 2.87. The number of aromatic nitrogens is 4. The Morgan fingerprint density at radius 1 is 1.53 bits per heavy atom. The molecule has 0 amide bonds. The average Bonchev–Trinajstić information content (AvgIpc) is 2.72. The maximum absolute atomic E-state index is 5.92. The molecule has 1 N–H and O–H groups in total. The topological polar surface area (TPSA) is 58.4 Å². The number of hydrogen-bond donors (Lipinski definition) is 1. The van der Waals surface area contributed by atoms with E-state index in [1.807, 2.05) is 14.1 Å². The first kappa shape index (κ1) is 12.1. The van der Waals surface area contributed by atoms with E-state index >= 15 is 0 Å². The molecule has 7 heteroatoms. The average molecular weight is 255 g/mol. The van der Waals surface area contributed by atoms with E-state index in [0.717, 1.165) is 12.4 Å². The summed E-state index contributed by atoms with van der Waals surface area (Å²) in [5, 5.41) is 7.79. The molecule has 0 saturated heterocycles. The van der Waals surface area contributed by atoms with Gasteiger partial charge < -0.3 is 10.2 Å². The smallest absolute Gasteiger partial charge is 0.255 e. The normalized spacial score (nSPS) is 13.2. The molecule has 92 valence electrons. The fraction of sp³-hybridized carbons (Fsp3) is 0.500. The molecule has 1 unspecified atom stereocenters. The third kappa shape index (κ3) is 2.65. The number of likely N-dealkylation sites (N-methyl/N-ethyl adjacent to an activating group) is 1. The van der Waals surface area contributed by atoms with Crippen molar-refractivity contribution in [2.45, 2.75) is 13.0 Å². The molecule has 2 rings (SSSR count). The molecule has 2 aromatic rings. The lowest BCUT2D eigenvalue weighted by atomic mass is 10.3. The molecule has 0 bridgehead atoms. The Labute approximate surface area is 105 Å². The summed E-state index contributed by atoms with van der Waals surface area (Å²) < 4.78 is 1.63. The van der Waals surface area contributed by atoms with Crippen LogP contribution in [0.15, 0.2) is 12.4 Å². The van der Waals surface area contributed by atoms with Crippen LogP contribution in [0.5, 0.6) is 0 Å². The van der Waals surface area contributed by atoms with Crippen molar-refractivity contribution in [2.24, 2.45) is 0 Å². The second-order valence-electron chi connectivity index (χ2n) is 4.13. The Kier molecular flexibility index (Phi) is 3.44. The number of anilines is 1. The second-order valence-corrected chi connectivity index (χ2v) is 4.52. The van der Waals surface area contributed by atoms with Crippen molar-refractivity contribution >= 4 is 23.2 Å². The van der Waals surface area contributed by atoms with Crippen LogP contribution in [-0.4, -0.2) is 51.2 Å². The Bertz CT molecular complexity index is 508. The summed E-state index contributed by atoms with van der Waals surface area (Å²) >= 11 is 5.92. The lowest BCUT2D eigenvalue weighted by Gasteiger charge is -2.20. The van der Waals surface area contributed by atoms with E-state index in [1.165, 1.54) is 6.33 Å². The van der Waals surface area contributed by atoms with E-state index < -0.39 is 0 Å². The van der Waals surface area contributed by atoms with Gasteiger partial charge in [0.15, 0.2) is 0 Å². The van der Waals surface area contributed by atoms with Crippen LogP contribution in [0.25, 0.3) is 5.78 Å². The minimum absolute atomic E-state index is 0.403. The van der Waals surface area contributed by atoms with Crippen LogP contribution in [0.4, 0.5) is 5.82 Å². The van der Waals surface area contributed by atoms with Crippen LogP contribution in [0.2, 0.25) is 5.15 Å². The summed E-state index contributed by atoms with van der Waals surface area (Å²) in [7, 11) is 4.08.